The van der Waals surface area contributed by atoms with E-state index in [2.05, 4.69) is 0 Å². The van der Waals surface area contributed by atoms with Gasteiger partial charge in [0.25, 0.3) is 11.8 Å². The van der Waals surface area contributed by atoms with Crippen molar-refractivity contribution in [3.63, 3.8) is 0 Å². The molecule has 1 saturated heterocycles. The summed E-state index contributed by atoms with van der Waals surface area (Å²) in [5.41, 5.74) is 1.92. The molecular formula is C18H22N2O3. The van der Waals surface area contributed by atoms with E-state index in [9.17, 15) is 14.4 Å². The van der Waals surface area contributed by atoms with Gasteiger partial charge in [0.05, 0.1) is 11.1 Å². The van der Waals surface area contributed by atoms with Crippen LogP contribution in [0.25, 0.3) is 0 Å². The second-order valence-electron chi connectivity index (χ2n) is 6.36. The van der Waals surface area contributed by atoms with Crippen molar-refractivity contribution < 1.29 is 14.4 Å². The topological polar surface area (TPSA) is 57.7 Å². The van der Waals surface area contributed by atoms with Crippen LogP contribution < -0.4 is 0 Å². The molecule has 5 nitrogen and oxygen atoms in total. The number of imide groups is 1. The van der Waals surface area contributed by atoms with Crippen LogP contribution in [0.1, 0.15) is 58.4 Å². The Hall–Kier alpha value is -2.17. The zero-order valence-electron chi connectivity index (χ0n) is 13.5. The average molecular weight is 314 g/mol. The molecule has 0 radical (unpaired) electrons. The molecule has 1 fully saturated rings. The Kier molecular flexibility index (Phi) is 4.46. The highest BCUT2D eigenvalue weighted by atomic mass is 16.2. The van der Waals surface area contributed by atoms with Crippen LogP contribution in [0.4, 0.5) is 0 Å². The minimum Gasteiger partial charge on any atom is -0.343 e. The number of carbonyl (C=O) groups is 3. The lowest BCUT2D eigenvalue weighted by molar-refractivity contribution is -0.132. The average Bonchev–Trinajstić information content (AvgIpc) is 2.80. The van der Waals surface area contributed by atoms with Crippen molar-refractivity contribution in [2.75, 3.05) is 19.6 Å². The van der Waals surface area contributed by atoms with E-state index in [0.29, 0.717) is 30.5 Å². The fourth-order valence-electron chi connectivity index (χ4n) is 3.30. The summed E-state index contributed by atoms with van der Waals surface area (Å²) in [6, 6.07) is 5.31. The maximum atomic E-state index is 12.3. The lowest BCUT2D eigenvalue weighted by Crippen LogP contribution is -2.36. The van der Waals surface area contributed by atoms with Gasteiger partial charge in [-0.2, -0.15) is 0 Å². The van der Waals surface area contributed by atoms with Gasteiger partial charge in [-0.1, -0.05) is 11.6 Å². The molecule has 23 heavy (non-hydrogen) atoms. The number of fused-ring (bicyclic) bond motifs is 1. The summed E-state index contributed by atoms with van der Waals surface area (Å²) in [7, 11) is 0. The second kappa shape index (κ2) is 6.52. The summed E-state index contributed by atoms with van der Waals surface area (Å²) in [6.45, 7) is 3.89. The van der Waals surface area contributed by atoms with Crippen LogP contribution in [-0.4, -0.2) is 47.2 Å². The Bertz CT molecular complexity index is 648. The number of amides is 3. The molecule has 0 bridgehead atoms. The number of hydrogen-bond donors (Lipinski definition) is 0. The minimum absolute atomic E-state index is 0.136. The molecule has 2 heterocycles. The number of hydrogen-bond acceptors (Lipinski definition) is 3. The summed E-state index contributed by atoms with van der Waals surface area (Å²) in [5, 5.41) is 0. The first kappa shape index (κ1) is 15.7. The number of rotatable bonds is 4. The molecule has 0 atom stereocenters. The third kappa shape index (κ3) is 3.14. The molecule has 0 unspecified atom stereocenters. The number of carbonyl (C=O) groups excluding carboxylic acids is 3. The number of piperidine rings is 1. The van der Waals surface area contributed by atoms with Crippen LogP contribution in [0.5, 0.6) is 0 Å². The van der Waals surface area contributed by atoms with Crippen molar-refractivity contribution >= 4 is 17.7 Å². The maximum Gasteiger partial charge on any atom is 0.261 e. The molecule has 3 rings (SSSR count). The van der Waals surface area contributed by atoms with Crippen molar-refractivity contribution in [2.45, 2.75) is 39.0 Å². The fourth-order valence-corrected chi connectivity index (χ4v) is 3.30. The number of benzene rings is 1. The van der Waals surface area contributed by atoms with E-state index in [1.54, 1.807) is 12.1 Å². The van der Waals surface area contributed by atoms with Crippen LogP contribution in [0.2, 0.25) is 0 Å². The molecule has 2 aliphatic rings. The molecule has 0 N–H and O–H groups in total. The lowest BCUT2D eigenvalue weighted by Gasteiger charge is -2.27. The van der Waals surface area contributed by atoms with Gasteiger partial charge < -0.3 is 4.90 Å². The summed E-state index contributed by atoms with van der Waals surface area (Å²) in [4.78, 5) is 40.0. The van der Waals surface area contributed by atoms with Gasteiger partial charge in [-0.25, -0.2) is 0 Å². The quantitative estimate of drug-likeness (QED) is 0.802. The summed E-state index contributed by atoms with van der Waals surface area (Å²) >= 11 is 0. The van der Waals surface area contributed by atoms with Gasteiger partial charge in [0, 0.05) is 26.1 Å². The van der Waals surface area contributed by atoms with Crippen LogP contribution in [0.3, 0.4) is 0 Å². The van der Waals surface area contributed by atoms with E-state index in [1.165, 1.54) is 11.3 Å². The maximum absolute atomic E-state index is 12.3. The molecule has 0 saturated carbocycles. The smallest absolute Gasteiger partial charge is 0.261 e. The molecule has 0 spiro atoms. The first-order chi connectivity index (χ1) is 11.1. The van der Waals surface area contributed by atoms with Gasteiger partial charge in [0.1, 0.15) is 0 Å². The third-order valence-electron chi connectivity index (χ3n) is 4.61. The van der Waals surface area contributed by atoms with Gasteiger partial charge in [-0.3, -0.25) is 19.3 Å². The second-order valence-corrected chi connectivity index (χ2v) is 6.36. The van der Waals surface area contributed by atoms with Crippen molar-refractivity contribution in [1.82, 2.24) is 9.80 Å². The van der Waals surface area contributed by atoms with Crippen molar-refractivity contribution in [3.8, 4) is 0 Å². The van der Waals surface area contributed by atoms with E-state index >= 15 is 0 Å². The third-order valence-corrected chi connectivity index (χ3v) is 4.61. The van der Waals surface area contributed by atoms with Gasteiger partial charge in [0.2, 0.25) is 5.91 Å². The van der Waals surface area contributed by atoms with E-state index < -0.39 is 0 Å². The van der Waals surface area contributed by atoms with Gasteiger partial charge >= 0.3 is 0 Å². The largest absolute Gasteiger partial charge is 0.343 e. The normalized spacial score (nSPS) is 17.6. The standard InChI is InChI=1S/C18H22N2O3/c1-13-7-8-14-15(12-13)18(23)20(17(14)22)11-5-6-16(21)19-9-3-2-4-10-19/h7-8,12H,2-6,9-11H2,1H3. The van der Waals surface area contributed by atoms with Crippen LogP contribution in [0.15, 0.2) is 18.2 Å². The molecule has 122 valence electrons. The molecule has 1 aromatic carbocycles. The zero-order chi connectivity index (χ0) is 16.4. The van der Waals surface area contributed by atoms with Crippen LogP contribution in [-0.2, 0) is 4.79 Å². The van der Waals surface area contributed by atoms with E-state index in [4.69, 9.17) is 0 Å². The number of likely N-dealkylation sites (tertiary alicyclic amines) is 1. The molecule has 1 aromatic rings. The van der Waals surface area contributed by atoms with E-state index in [-0.39, 0.29) is 17.7 Å². The Labute approximate surface area is 136 Å². The summed E-state index contributed by atoms with van der Waals surface area (Å²) < 4.78 is 0. The first-order valence-electron chi connectivity index (χ1n) is 8.32. The van der Waals surface area contributed by atoms with E-state index in [1.807, 2.05) is 17.9 Å². The van der Waals surface area contributed by atoms with E-state index in [0.717, 1.165) is 31.5 Å². The predicted molar refractivity (Wildman–Crippen MR) is 86.2 cm³/mol. The van der Waals surface area contributed by atoms with Crippen LogP contribution >= 0.6 is 0 Å². The first-order valence-corrected chi connectivity index (χ1v) is 8.32. The molecule has 0 aromatic heterocycles. The summed E-state index contributed by atoms with van der Waals surface area (Å²) in [6.07, 6.45) is 4.26. The van der Waals surface area contributed by atoms with Gasteiger partial charge in [0.15, 0.2) is 0 Å². The highest BCUT2D eigenvalue weighted by Crippen LogP contribution is 2.24. The highest BCUT2D eigenvalue weighted by molar-refractivity contribution is 6.21. The minimum atomic E-state index is -0.240. The molecule has 2 aliphatic heterocycles. The molecule has 5 heteroatoms. The number of nitrogens with zero attached hydrogens (tertiary/aromatic N) is 2. The van der Waals surface area contributed by atoms with Crippen molar-refractivity contribution in [1.29, 1.82) is 0 Å². The lowest BCUT2D eigenvalue weighted by atomic mass is 10.1. The Morgan fingerprint density at radius 1 is 1.04 bits per heavy atom. The SMILES string of the molecule is Cc1ccc2c(c1)C(=O)N(CCCC(=O)N1CCCCC1)C2=O. The van der Waals surface area contributed by atoms with Crippen molar-refractivity contribution in [2.24, 2.45) is 0 Å². The molecule has 0 aliphatic carbocycles. The van der Waals surface area contributed by atoms with Gasteiger partial charge in [-0.05, 0) is 44.7 Å². The fraction of sp³-hybridized carbons (Fsp3) is 0.500. The molecule has 3 amide bonds. The zero-order valence-corrected chi connectivity index (χ0v) is 13.5. The van der Waals surface area contributed by atoms with Gasteiger partial charge in [-0.15, -0.1) is 0 Å². The van der Waals surface area contributed by atoms with Crippen molar-refractivity contribution in [3.05, 3.63) is 34.9 Å². The molecular weight excluding hydrogens is 292 g/mol. The predicted octanol–water partition coefficient (Wildman–Crippen LogP) is 2.38. The Balaban J connectivity index is 1.56. The monoisotopic (exact) mass is 314 g/mol. The number of aryl methyl sites for hydroxylation is 1. The Morgan fingerprint density at radius 2 is 1.74 bits per heavy atom. The summed E-state index contributed by atoms with van der Waals surface area (Å²) in [5.74, 6) is -0.341. The Morgan fingerprint density at radius 3 is 2.48 bits per heavy atom. The van der Waals surface area contributed by atoms with Crippen LogP contribution in [0, 0.1) is 6.92 Å². The highest BCUT2D eigenvalue weighted by Gasteiger charge is 2.35.